The molecule has 0 saturated heterocycles. The largest absolute Gasteiger partial charge is 0.455 e. The van der Waals surface area contributed by atoms with Gasteiger partial charge in [0.05, 0.1) is 0 Å². The highest BCUT2D eigenvalue weighted by atomic mass is 16.3. The van der Waals surface area contributed by atoms with Gasteiger partial charge in [-0.25, -0.2) is 15.0 Å². The van der Waals surface area contributed by atoms with Crippen molar-refractivity contribution in [2.24, 2.45) is 0 Å². The average molecular weight is 776 g/mol. The van der Waals surface area contributed by atoms with Crippen LogP contribution in [0.3, 0.4) is 0 Å². The van der Waals surface area contributed by atoms with E-state index in [0.29, 0.717) is 17.5 Å². The van der Waals surface area contributed by atoms with Crippen molar-refractivity contribution in [3.63, 3.8) is 0 Å². The number of rotatable bonds is 4. The monoisotopic (exact) mass is 775 g/mol. The highest BCUT2D eigenvalue weighted by Crippen LogP contribution is 2.47. The van der Waals surface area contributed by atoms with Gasteiger partial charge in [0.15, 0.2) is 17.5 Å². The van der Waals surface area contributed by atoms with Gasteiger partial charge in [0.2, 0.25) is 0 Å². The van der Waals surface area contributed by atoms with Gasteiger partial charge in [0, 0.05) is 32.8 Å². The maximum atomic E-state index is 7.03. The molecular weight excluding hydrogens is 743 g/mol. The van der Waals surface area contributed by atoms with E-state index in [2.05, 4.69) is 200 Å². The molecule has 0 aliphatic rings. The Hall–Kier alpha value is -8.21. The summed E-state index contributed by atoms with van der Waals surface area (Å²) in [5.41, 5.74) is 6.83. The van der Waals surface area contributed by atoms with Gasteiger partial charge in [-0.15, -0.1) is 0 Å². The highest BCUT2D eigenvalue weighted by molar-refractivity contribution is 6.34. The molecule has 0 spiro atoms. The van der Waals surface area contributed by atoms with Gasteiger partial charge in [-0.1, -0.05) is 182 Å². The average Bonchev–Trinajstić information content (AvgIpc) is 3.70. The first kappa shape index (κ1) is 33.7. The molecule has 11 aromatic carbocycles. The minimum Gasteiger partial charge on any atom is -0.455 e. The third-order valence-electron chi connectivity index (χ3n) is 12.5. The Bertz CT molecular complexity index is 3830. The predicted octanol–water partition coefficient (Wildman–Crippen LogP) is 15.4. The second-order valence-corrected chi connectivity index (χ2v) is 15.9. The first-order valence-electron chi connectivity index (χ1n) is 20.7. The zero-order valence-corrected chi connectivity index (χ0v) is 32.8. The summed E-state index contributed by atoms with van der Waals surface area (Å²) in [4.78, 5) is 15.6. The lowest BCUT2D eigenvalue weighted by Gasteiger charge is -2.14. The molecular formula is C57H33N3O. The van der Waals surface area contributed by atoms with Crippen molar-refractivity contribution in [3.8, 4) is 45.3 Å². The molecule has 0 aliphatic heterocycles. The zero-order chi connectivity index (χ0) is 40.0. The molecule has 0 amide bonds. The van der Waals surface area contributed by atoms with Crippen LogP contribution in [0.15, 0.2) is 205 Å². The minimum atomic E-state index is 0.619. The van der Waals surface area contributed by atoms with Crippen LogP contribution in [0, 0.1) is 0 Å². The van der Waals surface area contributed by atoms with Gasteiger partial charge in [0.1, 0.15) is 11.2 Å². The zero-order valence-electron chi connectivity index (χ0n) is 32.8. The molecule has 0 aliphatic carbocycles. The van der Waals surface area contributed by atoms with Crippen LogP contribution in [0.2, 0.25) is 0 Å². The van der Waals surface area contributed by atoms with Crippen LogP contribution in [-0.2, 0) is 0 Å². The Labute approximate surface area is 350 Å². The lowest BCUT2D eigenvalue weighted by atomic mass is 9.89. The summed E-state index contributed by atoms with van der Waals surface area (Å²) < 4.78 is 7.03. The van der Waals surface area contributed by atoms with Crippen molar-refractivity contribution >= 4 is 86.6 Å². The number of aromatic nitrogens is 3. The van der Waals surface area contributed by atoms with E-state index in [1.165, 1.54) is 32.3 Å². The molecule has 4 nitrogen and oxygen atoms in total. The fraction of sp³-hybridized carbons (Fsp3) is 0. The van der Waals surface area contributed by atoms with Crippen LogP contribution in [0.25, 0.3) is 132 Å². The fourth-order valence-electron chi connectivity index (χ4n) is 9.62. The first-order chi connectivity index (χ1) is 30.2. The topological polar surface area (TPSA) is 51.8 Å². The molecule has 4 heteroatoms. The third-order valence-corrected chi connectivity index (χ3v) is 12.5. The number of hydrogen-bond donors (Lipinski definition) is 0. The quantitative estimate of drug-likeness (QED) is 0.167. The Morgan fingerprint density at radius 1 is 0.279 bits per heavy atom. The van der Waals surface area contributed by atoms with Gasteiger partial charge in [0.25, 0.3) is 0 Å². The van der Waals surface area contributed by atoms with Crippen LogP contribution in [0.1, 0.15) is 0 Å². The van der Waals surface area contributed by atoms with E-state index >= 15 is 0 Å². The van der Waals surface area contributed by atoms with Gasteiger partial charge >= 0.3 is 0 Å². The maximum absolute atomic E-state index is 7.03. The van der Waals surface area contributed by atoms with Crippen LogP contribution in [-0.4, -0.2) is 15.0 Å². The van der Waals surface area contributed by atoms with Crippen molar-refractivity contribution in [3.05, 3.63) is 200 Å². The van der Waals surface area contributed by atoms with Crippen molar-refractivity contribution in [2.75, 3.05) is 0 Å². The molecule has 0 bridgehead atoms. The van der Waals surface area contributed by atoms with E-state index in [0.717, 1.165) is 82.1 Å². The van der Waals surface area contributed by atoms with E-state index in [9.17, 15) is 0 Å². The van der Waals surface area contributed by atoms with Gasteiger partial charge in [-0.05, 0) is 88.6 Å². The number of fused-ring (bicyclic) bond motifs is 13. The Kier molecular flexibility index (Phi) is 7.27. The normalized spacial score (nSPS) is 11.9. The summed E-state index contributed by atoms with van der Waals surface area (Å²) in [6, 6.07) is 71.0. The molecule has 0 radical (unpaired) electrons. The number of benzene rings is 11. The van der Waals surface area contributed by atoms with E-state index in [-0.39, 0.29) is 0 Å². The fourth-order valence-corrected chi connectivity index (χ4v) is 9.62. The van der Waals surface area contributed by atoms with Gasteiger partial charge in [-0.3, -0.25) is 0 Å². The van der Waals surface area contributed by atoms with Crippen molar-refractivity contribution < 1.29 is 4.42 Å². The number of furan rings is 1. The SMILES string of the molecule is c1ccc2cc3c(cc2c1)oc1c3c(-c2ccc(-c3nc(-c4cccc5ccccc45)nc(-c4cccc5ccccc45)n3)cc2)cc2c3ccccc3c3ccccc3c21. The van der Waals surface area contributed by atoms with Gasteiger partial charge < -0.3 is 4.42 Å². The molecule has 61 heavy (non-hydrogen) atoms. The van der Waals surface area contributed by atoms with E-state index < -0.39 is 0 Å². The highest BCUT2D eigenvalue weighted by Gasteiger charge is 2.22. The lowest BCUT2D eigenvalue weighted by molar-refractivity contribution is 0.673. The summed E-state index contributed by atoms with van der Waals surface area (Å²) in [6.45, 7) is 0. The van der Waals surface area contributed by atoms with Crippen molar-refractivity contribution in [2.45, 2.75) is 0 Å². The molecule has 0 saturated carbocycles. The molecule has 282 valence electrons. The summed E-state index contributed by atoms with van der Waals surface area (Å²) >= 11 is 0. The number of nitrogens with zero attached hydrogens (tertiary/aromatic N) is 3. The molecule has 2 heterocycles. The maximum Gasteiger partial charge on any atom is 0.164 e. The molecule has 0 atom stereocenters. The first-order valence-corrected chi connectivity index (χ1v) is 20.7. The van der Waals surface area contributed by atoms with Crippen molar-refractivity contribution in [1.82, 2.24) is 15.0 Å². The third kappa shape index (κ3) is 5.22. The lowest BCUT2D eigenvalue weighted by Crippen LogP contribution is -2.01. The van der Waals surface area contributed by atoms with Crippen LogP contribution in [0.5, 0.6) is 0 Å². The number of hydrogen-bond acceptors (Lipinski definition) is 4. The summed E-state index contributed by atoms with van der Waals surface area (Å²) in [5, 5.41) is 16.2. The van der Waals surface area contributed by atoms with E-state index in [1.807, 2.05) is 0 Å². The van der Waals surface area contributed by atoms with E-state index in [1.54, 1.807) is 0 Å². The Morgan fingerprint density at radius 3 is 1.36 bits per heavy atom. The molecule has 0 fully saturated rings. The molecule has 2 aromatic heterocycles. The van der Waals surface area contributed by atoms with E-state index in [4.69, 9.17) is 19.4 Å². The molecule has 0 unspecified atom stereocenters. The minimum absolute atomic E-state index is 0.619. The predicted molar refractivity (Wildman–Crippen MR) is 254 cm³/mol. The Morgan fingerprint density at radius 2 is 0.738 bits per heavy atom. The molecule has 13 aromatic rings. The second kappa shape index (κ2) is 13.2. The molecule has 13 rings (SSSR count). The summed E-state index contributed by atoms with van der Waals surface area (Å²) in [5.74, 6) is 1.90. The van der Waals surface area contributed by atoms with Crippen LogP contribution >= 0.6 is 0 Å². The second-order valence-electron chi connectivity index (χ2n) is 15.9. The summed E-state index contributed by atoms with van der Waals surface area (Å²) in [6.07, 6.45) is 0. The smallest absolute Gasteiger partial charge is 0.164 e. The molecule has 0 N–H and O–H groups in total. The van der Waals surface area contributed by atoms with Crippen molar-refractivity contribution in [1.29, 1.82) is 0 Å². The van der Waals surface area contributed by atoms with Crippen LogP contribution < -0.4 is 0 Å². The Balaban J connectivity index is 1.06. The standard InChI is InChI=1S/C57H33N3O/c1-2-16-39-32-51-50(31-38(39)15-1)53-48(33-49-44-23-8-7-21-42(44)43-22-9-10-24-45(43)52(49)54(53)61-51)36-27-29-37(30-28-36)55-58-56(46-25-11-17-34-13-3-5-19-40(34)46)60-57(59-55)47-26-12-18-35-14-4-6-20-41(35)47/h1-33H. The van der Waals surface area contributed by atoms with Crippen LogP contribution in [0.4, 0.5) is 0 Å². The van der Waals surface area contributed by atoms with Gasteiger partial charge in [-0.2, -0.15) is 0 Å². The summed E-state index contributed by atoms with van der Waals surface area (Å²) in [7, 11) is 0.